The van der Waals surface area contributed by atoms with E-state index in [1.54, 1.807) is 25.7 Å². The van der Waals surface area contributed by atoms with Crippen LogP contribution in [0.4, 0.5) is 5.69 Å². The average Bonchev–Trinajstić information content (AvgIpc) is 3.09. The highest BCUT2D eigenvalue weighted by Crippen LogP contribution is 2.38. The number of allylic oxidation sites excluding steroid dienone is 5. The van der Waals surface area contributed by atoms with E-state index in [2.05, 4.69) is 16.6 Å². The minimum absolute atomic E-state index is 0.557. The lowest BCUT2D eigenvalue weighted by atomic mass is 10.0. The van der Waals surface area contributed by atoms with Gasteiger partial charge in [-0.05, 0) is 32.8 Å². The van der Waals surface area contributed by atoms with Crippen LogP contribution < -0.4 is 5.73 Å². The number of aldehydes is 1. The van der Waals surface area contributed by atoms with Gasteiger partial charge in [0.25, 0.3) is 0 Å². The Kier molecular flexibility index (Phi) is 19.4. The fraction of sp³-hybridized carbons (Fsp3) is 0.375. The Morgan fingerprint density at radius 3 is 2.35 bits per heavy atom. The first kappa shape index (κ1) is 30.8. The SMILES string of the molecule is C/C=C\CCl.C=CC/C(C=NC)=C(\N)c1c(C)sc(C=O)c1N=CN(C)/C=C/C.CC. The molecule has 0 bridgehead atoms. The van der Waals surface area contributed by atoms with Crippen molar-refractivity contribution in [2.75, 3.05) is 20.0 Å². The molecule has 0 amide bonds. The molecule has 0 saturated heterocycles. The molecule has 0 aromatic carbocycles. The van der Waals surface area contributed by atoms with E-state index in [0.717, 1.165) is 22.3 Å². The van der Waals surface area contributed by atoms with Gasteiger partial charge in [-0.3, -0.25) is 9.79 Å². The van der Waals surface area contributed by atoms with Gasteiger partial charge in [0.1, 0.15) is 0 Å². The standard InChI is InChI=1S/C18H24N4OS.C4H7Cl.C2H6/c1-6-8-14(10-20-4)17(19)16-13(3)24-15(11-23)18(16)21-12-22(5)9-7-2;1-2-3-4-5;1-2/h6-7,9-12H,1,8,19H2,2-5H3;2-3H,4H2,1H3;1-2H3/b9-7+,17-14+,20-10?,21-12?;3-2-;. The molecule has 0 spiro atoms. The van der Waals surface area contributed by atoms with Crippen molar-refractivity contribution in [2.45, 2.75) is 41.0 Å². The summed E-state index contributed by atoms with van der Waals surface area (Å²) >= 11 is 6.60. The summed E-state index contributed by atoms with van der Waals surface area (Å²) in [5, 5.41) is 0. The molecule has 0 atom stereocenters. The van der Waals surface area contributed by atoms with Gasteiger partial charge >= 0.3 is 0 Å². The molecule has 1 heterocycles. The summed E-state index contributed by atoms with van der Waals surface area (Å²) in [5.74, 6) is 0.635. The molecule has 0 fully saturated rings. The first-order chi connectivity index (χ1) is 14.9. The molecular weight excluding hydrogens is 428 g/mol. The van der Waals surface area contributed by atoms with Crippen molar-refractivity contribution in [3.63, 3.8) is 0 Å². The highest BCUT2D eigenvalue weighted by Gasteiger charge is 2.18. The Morgan fingerprint density at radius 2 is 1.94 bits per heavy atom. The summed E-state index contributed by atoms with van der Waals surface area (Å²) < 4.78 is 0. The first-order valence-electron chi connectivity index (χ1n) is 10.1. The Hall–Kier alpha value is -2.44. The number of hydrogen-bond acceptors (Lipinski definition) is 5. The van der Waals surface area contributed by atoms with Gasteiger partial charge in [0.05, 0.1) is 16.9 Å². The van der Waals surface area contributed by atoms with E-state index in [0.29, 0.717) is 28.6 Å². The molecule has 0 unspecified atom stereocenters. The summed E-state index contributed by atoms with van der Waals surface area (Å²) in [7, 11) is 3.56. The van der Waals surface area contributed by atoms with E-state index >= 15 is 0 Å². The molecule has 2 N–H and O–H groups in total. The second-order valence-corrected chi connectivity index (χ2v) is 7.36. The average molecular weight is 465 g/mol. The number of alkyl halides is 1. The maximum atomic E-state index is 11.4. The van der Waals surface area contributed by atoms with E-state index in [4.69, 9.17) is 17.3 Å². The number of carbonyl (C=O) groups excluding carboxylic acids is 1. The third-order valence-corrected chi connectivity index (χ3v) is 4.73. The number of nitrogens with zero attached hydrogens (tertiary/aromatic N) is 3. The minimum Gasteiger partial charge on any atom is -0.398 e. The predicted molar refractivity (Wildman–Crippen MR) is 142 cm³/mol. The Balaban J connectivity index is 0. The number of aliphatic imine (C=N–C) groups is 2. The van der Waals surface area contributed by atoms with Crippen molar-refractivity contribution in [3.8, 4) is 0 Å². The Labute approximate surface area is 197 Å². The van der Waals surface area contributed by atoms with Crippen LogP contribution >= 0.6 is 22.9 Å². The Morgan fingerprint density at radius 1 is 1.29 bits per heavy atom. The topological polar surface area (TPSA) is 71.0 Å². The molecule has 0 aliphatic heterocycles. The number of rotatable bonds is 9. The number of hydrogen-bond donors (Lipinski definition) is 1. The van der Waals surface area contributed by atoms with Gasteiger partial charge in [0, 0.05) is 48.5 Å². The van der Waals surface area contributed by atoms with Gasteiger partial charge in [-0.25, -0.2) is 4.99 Å². The zero-order valence-electron chi connectivity index (χ0n) is 19.9. The number of carbonyl (C=O) groups is 1. The van der Waals surface area contributed by atoms with Crippen LogP contribution in [0.2, 0.25) is 0 Å². The van der Waals surface area contributed by atoms with Crippen LogP contribution in [-0.2, 0) is 0 Å². The molecule has 172 valence electrons. The Bertz CT molecular complexity index is 805. The summed E-state index contributed by atoms with van der Waals surface area (Å²) in [6.45, 7) is 13.6. The van der Waals surface area contributed by atoms with Crippen molar-refractivity contribution in [3.05, 3.63) is 58.0 Å². The zero-order valence-corrected chi connectivity index (χ0v) is 21.4. The van der Waals surface area contributed by atoms with E-state index < -0.39 is 0 Å². The van der Waals surface area contributed by atoms with Crippen LogP contribution in [-0.4, -0.2) is 43.7 Å². The van der Waals surface area contributed by atoms with Crippen molar-refractivity contribution in [2.24, 2.45) is 15.7 Å². The molecule has 1 aromatic heterocycles. The molecule has 1 rings (SSSR count). The third-order valence-electron chi connectivity index (χ3n) is 3.53. The smallest absolute Gasteiger partial charge is 0.162 e. The van der Waals surface area contributed by atoms with Crippen LogP contribution in [0, 0.1) is 6.92 Å². The molecule has 5 nitrogen and oxygen atoms in total. The largest absolute Gasteiger partial charge is 0.398 e. The van der Waals surface area contributed by atoms with Crippen LogP contribution in [0.1, 0.15) is 54.2 Å². The molecule has 1 aromatic rings. The summed E-state index contributed by atoms with van der Waals surface area (Å²) in [6.07, 6.45) is 14.1. The van der Waals surface area contributed by atoms with Crippen molar-refractivity contribution in [1.29, 1.82) is 0 Å². The quantitative estimate of drug-likeness (QED) is 0.144. The summed E-state index contributed by atoms with van der Waals surface area (Å²) in [4.78, 5) is 23.3. The van der Waals surface area contributed by atoms with Crippen LogP contribution in [0.25, 0.3) is 5.70 Å². The van der Waals surface area contributed by atoms with E-state index in [1.807, 2.05) is 71.0 Å². The van der Waals surface area contributed by atoms with Crippen molar-refractivity contribution in [1.82, 2.24) is 4.90 Å². The predicted octanol–water partition coefficient (Wildman–Crippen LogP) is 6.77. The zero-order chi connectivity index (χ0) is 24.2. The third kappa shape index (κ3) is 11.5. The van der Waals surface area contributed by atoms with Gasteiger partial charge in [-0.2, -0.15) is 0 Å². The normalized spacial score (nSPS) is 11.9. The van der Waals surface area contributed by atoms with Crippen LogP contribution in [0.3, 0.4) is 0 Å². The second kappa shape index (κ2) is 19.5. The van der Waals surface area contributed by atoms with E-state index in [1.165, 1.54) is 11.3 Å². The molecule has 0 saturated carbocycles. The molecular formula is C24H37ClN4OS. The van der Waals surface area contributed by atoms with Gasteiger partial charge in [-0.15, -0.1) is 29.5 Å². The van der Waals surface area contributed by atoms with E-state index in [-0.39, 0.29) is 0 Å². The first-order valence-corrected chi connectivity index (χ1v) is 11.4. The van der Waals surface area contributed by atoms with Gasteiger partial charge in [0.15, 0.2) is 6.29 Å². The number of thiophene rings is 1. The number of halogens is 1. The molecule has 31 heavy (non-hydrogen) atoms. The lowest BCUT2D eigenvalue weighted by Crippen LogP contribution is -2.07. The highest BCUT2D eigenvalue weighted by molar-refractivity contribution is 7.14. The molecule has 0 aliphatic carbocycles. The van der Waals surface area contributed by atoms with Crippen molar-refractivity contribution < 1.29 is 4.79 Å². The lowest BCUT2D eigenvalue weighted by Gasteiger charge is -2.09. The second-order valence-electron chi connectivity index (χ2n) is 5.80. The lowest BCUT2D eigenvalue weighted by molar-refractivity contribution is 0.112. The fourth-order valence-corrected chi connectivity index (χ4v) is 3.41. The monoisotopic (exact) mass is 464 g/mol. The van der Waals surface area contributed by atoms with Gasteiger partial charge in [-0.1, -0.05) is 38.2 Å². The summed E-state index contributed by atoms with van der Waals surface area (Å²) in [6, 6.07) is 0. The maximum absolute atomic E-state index is 11.4. The minimum atomic E-state index is 0.557. The van der Waals surface area contributed by atoms with Gasteiger partial charge < -0.3 is 10.6 Å². The molecule has 0 radical (unpaired) electrons. The number of nitrogens with two attached hydrogens (primary N) is 1. The maximum Gasteiger partial charge on any atom is 0.162 e. The van der Waals surface area contributed by atoms with E-state index in [9.17, 15) is 4.79 Å². The molecule has 7 heteroatoms. The van der Waals surface area contributed by atoms with Crippen LogP contribution in [0.15, 0.2) is 52.6 Å². The summed E-state index contributed by atoms with van der Waals surface area (Å²) in [5.41, 5.74) is 9.17. The van der Waals surface area contributed by atoms with Crippen molar-refractivity contribution >= 4 is 53.2 Å². The number of aryl methyl sites for hydroxylation is 1. The van der Waals surface area contributed by atoms with Gasteiger partial charge in [0.2, 0.25) is 0 Å². The molecule has 0 aliphatic rings. The fourth-order valence-electron chi connectivity index (χ4n) is 2.30. The van der Waals surface area contributed by atoms with Crippen LogP contribution in [0.5, 0.6) is 0 Å². The highest BCUT2D eigenvalue weighted by atomic mass is 35.5.